The van der Waals surface area contributed by atoms with E-state index >= 15 is 0 Å². The van der Waals surface area contributed by atoms with Gasteiger partial charge in [0.05, 0.1) is 21.3 Å². The summed E-state index contributed by atoms with van der Waals surface area (Å²) in [7, 11) is 0. The second kappa shape index (κ2) is 4.80. The highest BCUT2D eigenvalue weighted by Crippen LogP contribution is 2.24. The Kier molecular flexibility index (Phi) is 3.00. The van der Waals surface area contributed by atoms with Crippen molar-refractivity contribution in [2.45, 2.75) is 12.5 Å². The second-order valence-electron chi connectivity index (χ2n) is 3.99. The Morgan fingerprint density at radius 1 is 1.11 bits per heavy atom. The van der Waals surface area contributed by atoms with Crippen LogP contribution in [0.1, 0.15) is 16.9 Å². The van der Waals surface area contributed by atoms with Gasteiger partial charge in [-0.15, -0.1) is 11.3 Å². The fourth-order valence-corrected chi connectivity index (χ4v) is 2.81. The lowest BCUT2D eigenvalue weighted by atomic mass is 10.2. The molecule has 3 rings (SSSR count). The molecule has 5 heteroatoms. The zero-order chi connectivity index (χ0) is 12.4. The summed E-state index contributed by atoms with van der Waals surface area (Å²) >= 11 is 1.67. The van der Waals surface area contributed by atoms with Gasteiger partial charge in [0.2, 0.25) is 0 Å². The van der Waals surface area contributed by atoms with Crippen LogP contribution in [-0.4, -0.2) is 15.0 Å². The monoisotopic (exact) mass is 256 g/mol. The number of para-hydroxylation sites is 1. The van der Waals surface area contributed by atoms with E-state index in [4.69, 9.17) is 5.73 Å². The van der Waals surface area contributed by atoms with Crippen molar-refractivity contribution in [3.63, 3.8) is 0 Å². The van der Waals surface area contributed by atoms with Gasteiger partial charge in [0, 0.05) is 18.8 Å². The molecular formula is C13H12N4S. The quantitative estimate of drug-likeness (QED) is 0.781. The van der Waals surface area contributed by atoms with Gasteiger partial charge < -0.3 is 5.73 Å². The summed E-state index contributed by atoms with van der Waals surface area (Å²) in [6.07, 6.45) is 4.09. The molecule has 1 aromatic carbocycles. The molecule has 0 aliphatic carbocycles. The van der Waals surface area contributed by atoms with Crippen molar-refractivity contribution in [1.82, 2.24) is 15.0 Å². The maximum atomic E-state index is 6.09. The molecule has 4 nitrogen and oxygen atoms in total. The van der Waals surface area contributed by atoms with E-state index in [0.717, 1.165) is 10.5 Å². The van der Waals surface area contributed by atoms with E-state index in [1.807, 2.05) is 18.2 Å². The Labute approximate surface area is 109 Å². The molecule has 18 heavy (non-hydrogen) atoms. The largest absolute Gasteiger partial charge is 0.321 e. The first-order chi connectivity index (χ1) is 8.83. The SMILES string of the molecule is NC(Cc1nc2ccccc2s1)c1ncccn1. The summed E-state index contributed by atoms with van der Waals surface area (Å²) < 4.78 is 1.19. The van der Waals surface area contributed by atoms with Crippen molar-refractivity contribution < 1.29 is 0 Å². The molecule has 0 aliphatic heterocycles. The number of thiazole rings is 1. The highest BCUT2D eigenvalue weighted by Gasteiger charge is 2.12. The maximum Gasteiger partial charge on any atom is 0.145 e. The predicted molar refractivity (Wildman–Crippen MR) is 72.3 cm³/mol. The van der Waals surface area contributed by atoms with Crippen LogP contribution in [0.15, 0.2) is 42.7 Å². The maximum absolute atomic E-state index is 6.09. The molecule has 0 amide bonds. The van der Waals surface area contributed by atoms with Crippen molar-refractivity contribution >= 4 is 21.6 Å². The molecule has 1 unspecified atom stereocenters. The molecule has 0 aliphatic rings. The van der Waals surface area contributed by atoms with Crippen LogP contribution in [0.5, 0.6) is 0 Å². The number of aromatic nitrogens is 3. The van der Waals surface area contributed by atoms with Gasteiger partial charge in [-0.25, -0.2) is 15.0 Å². The number of nitrogens with two attached hydrogens (primary N) is 1. The van der Waals surface area contributed by atoms with E-state index in [1.54, 1.807) is 29.8 Å². The normalized spacial score (nSPS) is 12.7. The number of rotatable bonds is 3. The van der Waals surface area contributed by atoms with Crippen molar-refractivity contribution in [2.75, 3.05) is 0 Å². The Morgan fingerprint density at radius 2 is 1.89 bits per heavy atom. The average molecular weight is 256 g/mol. The zero-order valence-corrected chi connectivity index (χ0v) is 10.5. The van der Waals surface area contributed by atoms with Crippen LogP contribution < -0.4 is 5.73 Å². The predicted octanol–water partition coefficient (Wildman–Crippen LogP) is 2.33. The van der Waals surface area contributed by atoms with Crippen molar-refractivity contribution in [3.8, 4) is 0 Å². The van der Waals surface area contributed by atoms with Crippen LogP contribution >= 0.6 is 11.3 Å². The minimum Gasteiger partial charge on any atom is -0.321 e. The van der Waals surface area contributed by atoms with E-state index in [9.17, 15) is 0 Å². The molecule has 3 aromatic rings. The van der Waals surface area contributed by atoms with Gasteiger partial charge >= 0.3 is 0 Å². The number of benzene rings is 1. The lowest BCUT2D eigenvalue weighted by Gasteiger charge is -2.06. The van der Waals surface area contributed by atoms with E-state index in [2.05, 4.69) is 21.0 Å². The Hall–Kier alpha value is -1.85. The van der Waals surface area contributed by atoms with Gasteiger partial charge in [-0.05, 0) is 18.2 Å². The first-order valence-electron chi connectivity index (χ1n) is 5.70. The van der Waals surface area contributed by atoms with Gasteiger partial charge in [0.1, 0.15) is 5.82 Å². The van der Waals surface area contributed by atoms with Crippen LogP contribution in [0.4, 0.5) is 0 Å². The molecule has 0 bridgehead atoms. The minimum atomic E-state index is -0.202. The number of fused-ring (bicyclic) bond motifs is 1. The molecule has 0 radical (unpaired) electrons. The van der Waals surface area contributed by atoms with E-state index in [-0.39, 0.29) is 6.04 Å². The topological polar surface area (TPSA) is 64.7 Å². The second-order valence-corrected chi connectivity index (χ2v) is 5.11. The number of nitrogens with zero attached hydrogens (tertiary/aromatic N) is 3. The first kappa shape index (κ1) is 11.3. The first-order valence-corrected chi connectivity index (χ1v) is 6.51. The third-order valence-corrected chi connectivity index (χ3v) is 3.71. The molecule has 0 saturated carbocycles. The Bertz CT molecular complexity index is 617. The third kappa shape index (κ3) is 2.23. The number of hydrogen-bond acceptors (Lipinski definition) is 5. The van der Waals surface area contributed by atoms with Crippen LogP contribution in [0.2, 0.25) is 0 Å². The van der Waals surface area contributed by atoms with Gasteiger partial charge in [0.15, 0.2) is 0 Å². The standard InChI is InChI=1S/C13H12N4S/c14-9(13-15-6-3-7-16-13)8-12-17-10-4-1-2-5-11(10)18-12/h1-7,9H,8,14H2. The van der Waals surface area contributed by atoms with Crippen LogP contribution in [0.25, 0.3) is 10.2 Å². The summed E-state index contributed by atoms with van der Waals surface area (Å²) in [4.78, 5) is 12.9. The van der Waals surface area contributed by atoms with Gasteiger partial charge in [-0.3, -0.25) is 0 Å². The molecular weight excluding hydrogens is 244 g/mol. The lowest BCUT2D eigenvalue weighted by Crippen LogP contribution is -2.16. The zero-order valence-electron chi connectivity index (χ0n) is 9.65. The molecule has 2 heterocycles. The van der Waals surface area contributed by atoms with Gasteiger partial charge in [-0.2, -0.15) is 0 Å². The van der Waals surface area contributed by atoms with Crippen LogP contribution in [-0.2, 0) is 6.42 Å². The van der Waals surface area contributed by atoms with Crippen LogP contribution in [0.3, 0.4) is 0 Å². The van der Waals surface area contributed by atoms with Crippen molar-refractivity contribution in [3.05, 3.63) is 53.6 Å². The highest BCUT2D eigenvalue weighted by atomic mass is 32.1. The molecule has 2 aromatic heterocycles. The van der Waals surface area contributed by atoms with Crippen LogP contribution in [0, 0.1) is 0 Å². The van der Waals surface area contributed by atoms with E-state index in [1.165, 1.54) is 4.70 Å². The number of hydrogen-bond donors (Lipinski definition) is 1. The van der Waals surface area contributed by atoms with Gasteiger partial charge in [0.25, 0.3) is 0 Å². The molecule has 2 N–H and O–H groups in total. The molecule has 0 saturated heterocycles. The highest BCUT2D eigenvalue weighted by molar-refractivity contribution is 7.18. The molecule has 1 atom stereocenters. The van der Waals surface area contributed by atoms with E-state index in [0.29, 0.717) is 12.2 Å². The summed E-state index contributed by atoms with van der Waals surface area (Å²) in [6.45, 7) is 0. The summed E-state index contributed by atoms with van der Waals surface area (Å²) in [5.74, 6) is 0.664. The average Bonchev–Trinajstić information content (AvgIpc) is 2.82. The molecule has 0 fully saturated rings. The third-order valence-electron chi connectivity index (χ3n) is 2.65. The fourth-order valence-electron chi connectivity index (χ4n) is 1.79. The lowest BCUT2D eigenvalue weighted by molar-refractivity contribution is 0.665. The van der Waals surface area contributed by atoms with Crippen molar-refractivity contribution in [2.24, 2.45) is 5.73 Å². The van der Waals surface area contributed by atoms with E-state index < -0.39 is 0 Å². The minimum absolute atomic E-state index is 0.202. The summed E-state index contributed by atoms with van der Waals surface area (Å²) in [5, 5.41) is 1.02. The summed E-state index contributed by atoms with van der Waals surface area (Å²) in [6, 6.07) is 9.68. The smallest absolute Gasteiger partial charge is 0.145 e. The Balaban J connectivity index is 1.84. The molecule has 90 valence electrons. The van der Waals surface area contributed by atoms with Gasteiger partial charge in [-0.1, -0.05) is 12.1 Å². The fraction of sp³-hybridized carbons (Fsp3) is 0.154. The summed E-state index contributed by atoms with van der Waals surface area (Å²) in [5.41, 5.74) is 7.12. The van der Waals surface area contributed by atoms with Crippen molar-refractivity contribution in [1.29, 1.82) is 0 Å². The molecule has 0 spiro atoms. The Morgan fingerprint density at radius 3 is 2.67 bits per heavy atom.